The van der Waals surface area contributed by atoms with E-state index in [0.29, 0.717) is 36.4 Å². The van der Waals surface area contributed by atoms with Gasteiger partial charge in [0.1, 0.15) is 0 Å². The molecule has 1 aromatic carbocycles. The lowest BCUT2D eigenvalue weighted by molar-refractivity contribution is -0.316. The highest BCUT2D eigenvalue weighted by atomic mass is 19.4. The van der Waals surface area contributed by atoms with Gasteiger partial charge < -0.3 is 5.11 Å². The van der Waals surface area contributed by atoms with Crippen LogP contribution in [0.1, 0.15) is 50.5 Å². The predicted molar refractivity (Wildman–Crippen MR) is 91.2 cm³/mol. The van der Waals surface area contributed by atoms with Crippen LogP contribution < -0.4 is 0 Å². The van der Waals surface area contributed by atoms with Crippen LogP contribution >= 0.6 is 0 Å². The van der Waals surface area contributed by atoms with E-state index in [0.717, 1.165) is 18.4 Å². The van der Waals surface area contributed by atoms with Crippen molar-refractivity contribution in [2.75, 3.05) is 0 Å². The first kappa shape index (κ1) is 18.9. The molecule has 0 bridgehead atoms. The highest BCUT2D eigenvalue weighted by Gasteiger charge is 2.67. The predicted octanol–water partition coefficient (Wildman–Crippen LogP) is 4.04. The number of hydrazone groups is 1. The quantitative estimate of drug-likeness (QED) is 0.872. The summed E-state index contributed by atoms with van der Waals surface area (Å²) in [5.74, 6) is -1.93. The van der Waals surface area contributed by atoms with E-state index in [1.54, 1.807) is 0 Å². The maximum absolute atomic E-state index is 13.7. The Kier molecular flexibility index (Phi) is 5.37. The number of benzene rings is 1. The molecule has 1 fully saturated rings. The Morgan fingerprint density at radius 3 is 2.65 bits per heavy atom. The van der Waals surface area contributed by atoms with Gasteiger partial charge in [-0.25, -0.2) is 0 Å². The molecule has 0 unspecified atom stereocenters. The zero-order chi connectivity index (χ0) is 18.8. The molecule has 0 spiro atoms. The van der Waals surface area contributed by atoms with Gasteiger partial charge in [0.05, 0.1) is 5.92 Å². The minimum absolute atomic E-state index is 0.0865. The van der Waals surface area contributed by atoms with Gasteiger partial charge in [0.25, 0.3) is 5.72 Å². The fourth-order valence-corrected chi connectivity index (χ4v) is 3.84. The summed E-state index contributed by atoms with van der Waals surface area (Å²) in [6, 6.07) is 9.44. The van der Waals surface area contributed by atoms with Gasteiger partial charge in [-0.05, 0) is 37.7 Å². The molecule has 4 nitrogen and oxygen atoms in total. The summed E-state index contributed by atoms with van der Waals surface area (Å²) < 4.78 is 41.2. The highest BCUT2D eigenvalue weighted by molar-refractivity contribution is 5.93. The molecule has 142 valence electrons. The smallest absolute Gasteiger partial charge is 0.362 e. The number of carbonyl (C=O) groups excluding carboxylic acids is 1. The number of aryl methyl sites for hydroxylation is 1. The zero-order valence-electron chi connectivity index (χ0n) is 14.5. The van der Waals surface area contributed by atoms with E-state index in [4.69, 9.17) is 0 Å². The third-order valence-electron chi connectivity index (χ3n) is 5.22. The Bertz CT molecular complexity index is 675. The number of fused-ring (bicyclic) bond motifs is 1. The first-order chi connectivity index (χ1) is 12.3. The number of alkyl halides is 3. The summed E-state index contributed by atoms with van der Waals surface area (Å²) in [6.45, 7) is 0. The van der Waals surface area contributed by atoms with Crippen LogP contribution in [0.2, 0.25) is 0 Å². The van der Waals surface area contributed by atoms with Gasteiger partial charge in [-0.1, -0.05) is 43.2 Å². The Labute approximate surface area is 150 Å². The summed E-state index contributed by atoms with van der Waals surface area (Å²) in [7, 11) is 0. The van der Waals surface area contributed by atoms with Crippen LogP contribution in [-0.4, -0.2) is 33.6 Å². The molecule has 1 amide bonds. The number of hydrogen-bond donors (Lipinski definition) is 1. The lowest BCUT2D eigenvalue weighted by Crippen LogP contribution is -2.61. The van der Waals surface area contributed by atoms with Crippen molar-refractivity contribution in [3.05, 3.63) is 35.9 Å². The van der Waals surface area contributed by atoms with Crippen LogP contribution in [0.3, 0.4) is 0 Å². The van der Waals surface area contributed by atoms with E-state index in [1.165, 1.54) is 0 Å². The molecule has 1 N–H and O–H groups in total. The van der Waals surface area contributed by atoms with Gasteiger partial charge in [-0.2, -0.15) is 23.3 Å². The third-order valence-corrected chi connectivity index (χ3v) is 5.22. The van der Waals surface area contributed by atoms with Crippen LogP contribution in [0.25, 0.3) is 0 Å². The minimum Gasteiger partial charge on any atom is -0.362 e. The van der Waals surface area contributed by atoms with Gasteiger partial charge in [0.15, 0.2) is 0 Å². The Morgan fingerprint density at radius 2 is 1.96 bits per heavy atom. The SMILES string of the molecule is O=C(CCCc1ccccc1)N1N=C2CCCCC[C@@H]2[C@]1(O)C(F)(F)F. The van der Waals surface area contributed by atoms with Gasteiger partial charge in [0, 0.05) is 12.1 Å². The van der Waals surface area contributed by atoms with Crippen LogP contribution in [0.4, 0.5) is 13.2 Å². The maximum Gasteiger partial charge on any atom is 0.439 e. The number of amides is 1. The first-order valence-electron chi connectivity index (χ1n) is 9.07. The van der Waals surface area contributed by atoms with E-state index in [2.05, 4.69) is 5.10 Å². The Morgan fingerprint density at radius 1 is 1.23 bits per heavy atom. The number of rotatable bonds is 4. The molecular formula is C19H23F3N2O2. The standard InChI is InChI=1S/C19H23F3N2O2/c20-19(21,22)18(26)15-11-5-2-6-12-16(15)23-24(18)17(25)13-7-10-14-8-3-1-4-9-14/h1,3-4,8-9,15,26H,2,5-7,10-13H2/t15-,18-/m0/s1. The summed E-state index contributed by atoms with van der Waals surface area (Å²) in [6.07, 6.45) is -1.29. The first-order valence-corrected chi connectivity index (χ1v) is 9.07. The molecule has 3 rings (SSSR count). The van der Waals surface area contributed by atoms with E-state index in [9.17, 15) is 23.1 Å². The number of aliphatic hydroxyl groups is 1. The van der Waals surface area contributed by atoms with Crippen molar-refractivity contribution >= 4 is 11.6 Å². The lowest BCUT2D eigenvalue weighted by atomic mass is 9.87. The number of carbonyl (C=O) groups is 1. The molecule has 0 aromatic heterocycles. The monoisotopic (exact) mass is 368 g/mol. The summed E-state index contributed by atoms with van der Waals surface area (Å²) in [5.41, 5.74) is -1.89. The van der Waals surface area contributed by atoms with Gasteiger partial charge in [-0.15, -0.1) is 0 Å². The fraction of sp³-hybridized carbons (Fsp3) is 0.579. The minimum atomic E-state index is -4.94. The van der Waals surface area contributed by atoms with Crippen molar-refractivity contribution in [2.45, 2.75) is 63.3 Å². The summed E-state index contributed by atoms with van der Waals surface area (Å²) in [5, 5.41) is 14.8. The maximum atomic E-state index is 13.7. The molecule has 2 aliphatic rings. The third kappa shape index (κ3) is 3.49. The van der Waals surface area contributed by atoms with Crippen LogP contribution in [0.5, 0.6) is 0 Å². The molecule has 1 aromatic rings. The molecule has 26 heavy (non-hydrogen) atoms. The van der Waals surface area contributed by atoms with Crippen molar-refractivity contribution in [3.8, 4) is 0 Å². The van der Waals surface area contributed by atoms with Crippen LogP contribution in [0, 0.1) is 5.92 Å². The van der Waals surface area contributed by atoms with Crippen molar-refractivity contribution in [2.24, 2.45) is 11.0 Å². The second-order valence-corrected chi connectivity index (χ2v) is 7.01. The Balaban J connectivity index is 1.74. The molecule has 2 atom stereocenters. The molecular weight excluding hydrogens is 345 g/mol. The highest BCUT2D eigenvalue weighted by Crippen LogP contribution is 2.47. The van der Waals surface area contributed by atoms with Gasteiger partial charge >= 0.3 is 6.18 Å². The topological polar surface area (TPSA) is 52.9 Å². The largest absolute Gasteiger partial charge is 0.439 e. The summed E-state index contributed by atoms with van der Waals surface area (Å²) >= 11 is 0. The number of hydrogen-bond acceptors (Lipinski definition) is 3. The summed E-state index contributed by atoms with van der Waals surface area (Å²) in [4.78, 5) is 12.5. The van der Waals surface area contributed by atoms with E-state index in [-0.39, 0.29) is 12.8 Å². The molecule has 0 saturated heterocycles. The van der Waals surface area contributed by atoms with Crippen LogP contribution in [0.15, 0.2) is 35.4 Å². The van der Waals surface area contributed by atoms with Crippen molar-refractivity contribution in [1.82, 2.24) is 5.01 Å². The van der Waals surface area contributed by atoms with E-state index in [1.807, 2.05) is 30.3 Å². The van der Waals surface area contributed by atoms with Gasteiger partial charge in [0.2, 0.25) is 5.91 Å². The van der Waals surface area contributed by atoms with Crippen LogP contribution in [-0.2, 0) is 11.2 Å². The van der Waals surface area contributed by atoms with Crippen molar-refractivity contribution in [3.63, 3.8) is 0 Å². The molecule has 0 radical (unpaired) electrons. The normalized spacial score (nSPS) is 26.2. The number of halogens is 3. The average Bonchev–Trinajstić information content (AvgIpc) is 2.75. The van der Waals surface area contributed by atoms with E-state index >= 15 is 0 Å². The molecule has 7 heteroatoms. The van der Waals surface area contributed by atoms with Gasteiger partial charge in [-0.3, -0.25) is 4.79 Å². The van der Waals surface area contributed by atoms with Crippen molar-refractivity contribution in [1.29, 1.82) is 0 Å². The second kappa shape index (κ2) is 7.39. The Hall–Kier alpha value is -1.89. The lowest BCUT2D eigenvalue weighted by Gasteiger charge is -2.37. The zero-order valence-corrected chi connectivity index (χ0v) is 14.5. The fourth-order valence-electron chi connectivity index (χ4n) is 3.84. The average molecular weight is 368 g/mol. The number of nitrogens with zero attached hydrogens (tertiary/aromatic N) is 2. The molecule has 1 aliphatic heterocycles. The van der Waals surface area contributed by atoms with E-state index < -0.39 is 23.7 Å². The van der Waals surface area contributed by atoms with Crippen molar-refractivity contribution < 1.29 is 23.1 Å². The molecule has 1 aliphatic carbocycles. The molecule has 1 heterocycles. The molecule has 1 saturated carbocycles. The second-order valence-electron chi connectivity index (χ2n) is 7.01.